The van der Waals surface area contributed by atoms with Crippen molar-refractivity contribution in [2.75, 3.05) is 27.4 Å². The van der Waals surface area contributed by atoms with Crippen LogP contribution >= 0.6 is 0 Å². The van der Waals surface area contributed by atoms with E-state index in [-0.39, 0.29) is 13.2 Å². The summed E-state index contributed by atoms with van der Waals surface area (Å²) < 4.78 is 15.1. The van der Waals surface area contributed by atoms with E-state index in [9.17, 15) is 10.2 Å². The first-order valence-corrected chi connectivity index (χ1v) is 4.20. The Labute approximate surface area is 77.2 Å². The van der Waals surface area contributed by atoms with Crippen LogP contribution in [0.5, 0.6) is 0 Å². The normalized spacial score (nSPS) is 41.5. The van der Waals surface area contributed by atoms with Crippen LogP contribution in [-0.4, -0.2) is 62.1 Å². The number of ether oxygens (including phenoxy) is 3. The summed E-state index contributed by atoms with van der Waals surface area (Å²) in [4.78, 5) is 0. The lowest BCUT2D eigenvalue weighted by atomic mass is 10.0. The van der Waals surface area contributed by atoms with Crippen LogP contribution in [0.25, 0.3) is 0 Å². The molecule has 5 nitrogen and oxygen atoms in total. The molecule has 0 aromatic carbocycles. The third kappa shape index (κ3) is 2.38. The van der Waals surface area contributed by atoms with Crippen molar-refractivity contribution in [1.82, 2.24) is 0 Å². The lowest BCUT2D eigenvalue weighted by Gasteiger charge is -2.27. The van der Waals surface area contributed by atoms with Gasteiger partial charge in [0.1, 0.15) is 24.4 Å². The summed E-state index contributed by atoms with van der Waals surface area (Å²) in [6, 6.07) is 0. The molecule has 2 N–H and O–H groups in total. The molecule has 0 spiro atoms. The van der Waals surface area contributed by atoms with Gasteiger partial charge in [0.2, 0.25) is 0 Å². The molecule has 13 heavy (non-hydrogen) atoms. The molecule has 0 aromatic heterocycles. The minimum atomic E-state index is -0.757. The van der Waals surface area contributed by atoms with Gasteiger partial charge in [-0.25, -0.2) is 0 Å². The van der Waals surface area contributed by atoms with Gasteiger partial charge in [-0.1, -0.05) is 0 Å². The van der Waals surface area contributed by atoms with Crippen molar-refractivity contribution in [2.45, 2.75) is 24.4 Å². The zero-order valence-corrected chi connectivity index (χ0v) is 7.84. The van der Waals surface area contributed by atoms with Gasteiger partial charge in [0.05, 0.1) is 13.2 Å². The predicted molar refractivity (Wildman–Crippen MR) is 44.4 cm³/mol. The summed E-state index contributed by atoms with van der Waals surface area (Å²) in [5.41, 5.74) is 0. The van der Waals surface area contributed by atoms with Gasteiger partial charge in [0.25, 0.3) is 0 Å². The van der Waals surface area contributed by atoms with E-state index in [4.69, 9.17) is 14.2 Å². The monoisotopic (exact) mass is 192 g/mol. The maximum absolute atomic E-state index is 9.53. The minimum Gasteiger partial charge on any atom is -0.388 e. The highest BCUT2D eigenvalue weighted by Crippen LogP contribution is 2.16. The van der Waals surface area contributed by atoms with Crippen LogP contribution in [0.1, 0.15) is 0 Å². The van der Waals surface area contributed by atoms with Crippen LogP contribution in [-0.2, 0) is 14.2 Å². The Kier molecular flexibility index (Phi) is 4.08. The number of hydrogen-bond donors (Lipinski definition) is 2. The zero-order valence-electron chi connectivity index (χ0n) is 7.84. The van der Waals surface area contributed by atoms with Crippen LogP contribution in [0.15, 0.2) is 0 Å². The van der Waals surface area contributed by atoms with Gasteiger partial charge in [-0.05, 0) is 0 Å². The molecule has 0 amide bonds. The van der Waals surface area contributed by atoms with Crippen molar-refractivity contribution in [2.24, 2.45) is 0 Å². The predicted octanol–water partition coefficient (Wildman–Crippen LogP) is -1.23. The Balaban J connectivity index is 2.69. The molecule has 0 bridgehead atoms. The molecule has 5 heteroatoms. The quantitative estimate of drug-likeness (QED) is 0.573. The lowest BCUT2D eigenvalue weighted by molar-refractivity contribution is -0.121. The van der Waals surface area contributed by atoms with Crippen LogP contribution in [0.3, 0.4) is 0 Å². The first-order chi connectivity index (χ1) is 6.20. The molecule has 1 aliphatic rings. The second-order valence-electron chi connectivity index (χ2n) is 3.07. The van der Waals surface area contributed by atoms with Crippen molar-refractivity contribution in [1.29, 1.82) is 0 Å². The van der Waals surface area contributed by atoms with Crippen molar-refractivity contribution in [3.8, 4) is 0 Å². The molecule has 0 saturated carbocycles. The maximum atomic E-state index is 9.53. The maximum Gasteiger partial charge on any atom is 0.114 e. The molecule has 78 valence electrons. The lowest BCUT2D eigenvalue weighted by Crippen LogP contribution is -2.46. The minimum absolute atomic E-state index is 0.162. The average Bonchev–Trinajstić information content (AvgIpc) is 2.25. The van der Waals surface area contributed by atoms with E-state index in [1.54, 1.807) is 0 Å². The number of methoxy groups -OCH3 is 2. The molecule has 1 saturated heterocycles. The van der Waals surface area contributed by atoms with Gasteiger partial charge < -0.3 is 24.4 Å². The summed E-state index contributed by atoms with van der Waals surface area (Å²) in [5, 5.41) is 19.1. The molecule has 4 atom stereocenters. The standard InChI is InChI=1S/C8H16O5/c1-11-7-5(9)3-13-4-6(10)8(7)12-2/h5-10H,3-4H2,1-2H3/t5-,6-,7-,8-/m1/s1. The summed E-state index contributed by atoms with van der Waals surface area (Å²) in [5.74, 6) is 0. The van der Waals surface area contributed by atoms with E-state index in [0.717, 1.165) is 0 Å². The Morgan fingerprint density at radius 1 is 1.00 bits per heavy atom. The highest BCUT2D eigenvalue weighted by atomic mass is 16.6. The fourth-order valence-corrected chi connectivity index (χ4v) is 1.52. The molecule has 1 aliphatic heterocycles. The smallest absolute Gasteiger partial charge is 0.114 e. The third-order valence-electron chi connectivity index (χ3n) is 2.20. The van der Waals surface area contributed by atoms with E-state index < -0.39 is 24.4 Å². The molecule has 0 radical (unpaired) electrons. The van der Waals surface area contributed by atoms with E-state index in [0.29, 0.717) is 0 Å². The number of aliphatic hydroxyl groups excluding tert-OH is 2. The van der Waals surface area contributed by atoms with Gasteiger partial charge in [-0.3, -0.25) is 0 Å². The fourth-order valence-electron chi connectivity index (χ4n) is 1.52. The second kappa shape index (κ2) is 4.88. The van der Waals surface area contributed by atoms with Gasteiger partial charge in [-0.2, -0.15) is 0 Å². The highest BCUT2D eigenvalue weighted by Gasteiger charge is 2.36. The van der Waals surface area contributed by atoms with Crippen LogP contribution in [0.4, 0.5) is 0 Å². The Bertz CT molecular complexity index is 135. The van der Waals surface area contributed by atoms with Crippen molar-refractivity contribution >= 4 is 0 Å². The molecule has 0 aliphatic carbocycles. The topological polar surface area (TPSA) is 68.2 Å². The SMILES string of the molecule is CO[C@H]1[C@H](OC)[C@H](O)COC[C@H]1O. The van der Waals surface area contributed by atoms with E-state index in [1.807, 2.05) is 0 Å². The number of hydrogen-bond acceptors (Lipinski definition) is 5. The first kappa shape index (κ1) is 10.9. The zero-order chi connectivity index (χ0) is 9.84. The molecule has 1 rings (SSSR count). The average molecular weight is 192 g/mol. The first-order valence-electron chi connectivity index (χ1n) is 4.20. The molecule has 0 unspecified atom stereocenters. The van der Waals surface area contributed by atoms with Crippen molar-refractivity contribution in [3.63, 3.8) is 0 Å². The van der Waals surface area contributed by atoms with Crippen LogP contribution < -0.4 is 0 Å². The van der Waals surface area contributed by atoms with E-state index in [1.165, 1.54) is 14.2 Å². The Morgan fingerprint density at radius 3 is 1.69 bits per heavy atom. The summed E-state index contributed by atoms with van der Waals surface area (Å²) in [6.45, 7) is 0.324. The number of rotatable bonds is 2. The van der Waals surface area contributed by atoms with Gasteiger partial charge >= 0.3 is 0 Å². The molecular formula is C8H16O5. The summed E-state index contributed by atoms with van der Waals surface area (Å²) in [6.07, 6.45) is -2.59. The van der Waals surface area contributed by atoms with Crippen molar-refractivity contribution in [3.05, 3.63) is 0 Å². The summed E-state index contributed by atoms with van der Waals surface area (Å²) in [7, 11) is 2.94. The molecule has 1 heterocycles. The highest BCUT2D eigenvalue weighted by molar-refractivity contribution is 4.85. The second-order valence-corrected chi connectivity index (χ2v) is 3.07. The largest absolute Gasteiger partial charge is 0.388 e. The van der Waals surface area contributed by atoms with E-state index in [2.05, 4.69) is 0 Å². The van der Waals surface area contributed by atoms with Gasteiger partial charge in [-0.15, -0.1) is 0 Å². The summed E-state index contributed by atoms with van der Waals surface area (Å²) >= 11 is 0. The third-order valence-corrected chi connectivity index (χ3v) is 2.20. The molecule has 0 aromatic rings. The Hall–Kier alpha value is -0.200. The van der Waals surface area contributed by atoms with Crippen LogP contribution in [0, 0.1) is 0 Å². The van der Waals surface area contributed by atoms with Gasteiger partial charge in [0.15, 0.2) is 0 Å². The molecule has 1 fully saturated rings. The van der Waals surface area contributed by atoms with E-state index >= 15 is 0 Å². The number of aliphatic hydroxyl groups is 2. The molecular weight excluding hydrogens is 176 g/mol. The van der Waals surface area contributed by atoms with Gasteiger partial charge in [0, 0.05) is 14.2 Å². The fraction of sp³-hybridized carbons (Fsp3) is 1.00. The van der Waals surface area contributed by atoms with Crippen molar-refractivity contribution < 1.29 is 24.4 Å². The van der Waals surface area contributed by atoms with Crippen LogP contribution in [0.2, 0.25) is 0 Å². The Morgan fingerprint density at radius 2 is 1.38 bits per heavy atom.